The lowest BCUT2D eigenvalue weighted by Gasteiger charge is -2.15. The van der Waals surface area contributed by atoms with Crippen LogP contribution in [0.2, 0.25) is 0 Å². The van der Waals surface area contributed by atoms with Gasteiger partial charge >= 0.3 is 0 Å². The quantitative estimate of drug-likeness (QED) is 0.430. The van der Waals surface area contributed by atoms with Gasteiger partial charge in [0.05, 0.1) is 16.7 Å². The van der Waals surface area contributed by atoms with E-state index in [0.717, 1.165) is 52.7 Å². The number of hydrogen-bond acceptors (Lipinski definition) is 4. The summed E-state index contributed by atoms with van der Waals surface area (Å²) in [4.78, 5) is 6.92. The Morgan fingerprint density at radius 3 is 2.64 bits per heavy atom. The third-order valence-corrected chi connectivity index (χ3v) is 3.82. The molecule has 4 nitrogen and oxygen atoms in total. The molecule has 1 heterocycles. The third kappa shape index (κ3) is 2.83. The summed E-state index contributed by atoms with van der Waals surface area (Å²) in [6, 6.07) is 14.1. The average Bonchev–Trinajstić information content (AvgIpc) is 2.50. The Balaban J connectivity index is 2.06. The zero-order valence-corrected chi connectivity index (χ0v) is 13.1. The highest BCUT2D eigenvalue weighted by atomic mass is 15.1. The van der Waals surface area contributed by atoms with E-state index in [-0.39, 0.29) is 0 Å². The van der Waals surface area contributed by atoms with E-state index in [0.29, 0.717) is 0 Å². The Hall–Kier alpha value is -2.33. The Morgan fingerprint density at radius 1 is 1.05 bits per heavy atom. The number of para-hydroxylation sites is 1. The number of rotatable bonds is 5. The minimum Gasteiger partial charge on any atom is -0.398 e. The van der Waals surface area contributed by atoms with Crippen LogP contribution >= 0.6 is 0 Å². The minimum atomic E-state index is 0.769. The summed E-state index contributed by atoms with van der Waals surface area (Å²) >= 11 is 0. The van der Waals surface area contributed by atoms with Gasteiger partial charge in [-0.3, -0.25) is 0 Å². The fourth-order valence-electron chi connectivity index (χ4n) is 2.76. The highest BCUT2D eigenvalue weighted by molar-refractivity contribution is 6.11. The first kappa shape index (κ1) is 14.6. The number of pyridine rings is 1. The van der Waals surface area contributed by atoms with Gasteiger partial charge in [-0.2, -0.15) is 0 Å². The molecular weight excluding hydrogens is 272 g/mol. The van der Waals surface area contributed by atoms with E-state index in [2.05, 4.69) is 30.4 Å². The van der Waals surface area contributed by atoms with Crippen molar-refractivity contribution in [1.29, 1.82) is 0 Å². The standard InChI is InChI=1S/C18H22N4/c1-22(2)12-6-11-20-18-13-7-3-4-9-15(13)21-16-10-5-8-14(19)17(16)18/h3-5,7-10H,6,11-12,19H2,1-2H3,(H,20,21). The fraction of sp³-hybridized carbons (Fsp3) is 0.278. The van der Waals surface area contributed by atoms with Gasteiger partial charge < -0.3 is 16.0 Å². The van der Waals surface area contributed by atoms with E-state index >= 15 is 0 Å². The van der Waals surface area contributed by atoms with Gasteiger partial charge in [0.25, 0.3) is 0 Å². The molecule has 0 spiro atoms. The van der Waals surface area contributed by atoms with E-state index in [1.165, 1.54) is 0 Å². The van der Waals surface area contributed by atoms with Crippen molar-refractivity contribution >= 4 is 33.2 Å². The van der Waals surface area contributed by atoms with Crippen LogP contribution in [0.5, 0.6) is 0 Å². The van der Waals surface area contributed by atoms with Crippen LogP contribution < -0.4 is 11.1 Å². The lowest BCUT2D eigenvalue weighted by Crippen LogP contribution is -2.16. The molecule has 0 radical (unpaired) electrons. The summed E-state index contributed by atoms with van der Waals surface area (Å²) in [5.41, 5.74) is 10.0. The molecule has 0 aliphatic rings. The van der Waals surface area contributed by atoms with Gasteiger partial charge in [0.2, 0.25) is 0 Å². The largest absolute Gasteiger partial charge is 0.398 e. The van der Waals surface area contributed by atoms with Crippen LogP contribution in [-0.2, 0) is 0 Å². The van der Waals surface area contributed by atoms with Crippen LogP contribution in [0.15, 0.2) is 42.5 Å². The molecular formula is C18H22N4. The van der Waals surface area contributed by atoms with Crippen LogP contribution in [0, 0.1) is 0 Å². The van der Waals surface area contributed by atoms with Crippen molar-refractivity contribution in [3.8, 4) is 0 Å². The van der Waals surface area contributed by atoms with Gasteiger partial charge in [-0.1, -0.05) is 24.3 Å². The summed E-state index contributed by atoms with van der Waals surface area (Å²) in [5.74, 6) is 0. The Labute approximate surface area is 130 Å². The summed E-state index contributed by atoms with van der Waals surface area (Å²) in [5, 5.41) is 5.72. The van der Waals surface area contributed by atoms with Gasteiger partial charge in [0, 0.05) is 23.0 Å². The first-order chi connectivity index (χ1) is 10.7. The van der Waals surface area contributed by atoms with Crippen LogP contribution in [0.3, 0.4) is 0 Å². The SMILES string of the molecule is CN(C)CCCNc1c2ccccc2nc2cccc(N)c12. The van der Waals surface area contributed by atoms with Crippen molar-refractivity contribution in [2.45, 2.75) is 6.42 Å². The number of nitrogens with one attached hydrogen (secondary N) is 1. The third-order valence-electron chi connectivity index (χ3n) is 3.82. The van der Waals surface area contributed by atoms with E-state index < -0.39 is 0 Å². The second kappa shape index (κ2) is 6.20. The van der Waals surface area contributed by atoms with Gasteiger partial charge in [-0.25, -0.2) is 4.98 Å². The van der Waals surface area contributed by atoms with Crippen LogP contribution in [-0.4, -0.2) is 37.1 Å². The minimum absolute atomic E-state index is 0.769. The first-order valence-electron chi connectivity index (χ1n) is 7.62. The molecule has 0 saturated heterocycles. The molecule has 0 saturated carbocycles. The van der Waals surface area contributed by atoms with Gasteiger partial charge in [-0.15, -0.1) is 0 Å². The van der Waals surface area contributed by atoms with Gasteiger partial charge in [0.15, 0.2) is 0 Å². The Kier molecular flexibility index (Phi) is 4.11. The zero-order valence-electron chi connectivity index (χ0n) is 13.1. The number of nitrogens with two attached hydrogens (primary N) is 1. The van der Waals surface area contributed by atoms with Crippen LogP contribution in [0.4, 0.5) is 11.4 Å². The summed E-state index contributed by atoms with van der Waals surface area (Å²) in [7, 11) is 4.18. The molecule has 0 bridgehead atoms. The molecule has 2 aromatic carbocycles. The molecule has 0 atom stereocenters. The molecule has 0 aliphatic carbocycles. The smallest absolute Gasteiger partial charge is 0.0751 e. The lowest BCUT2D eigenvalue weighted by molar-refractivity contribution is 0.405. The zero-order chi connectivity index (χ0) is 15.5. The van der Waals surface area contributed by atoms with Crippen LogP contribution in [0.1, 0.15) is 6.42 Å². The second-order valence-corrected chi connectivity index (χ2v) is 5.83. The van der Waals surface area contributed by atoms with E-state index in [1.807, 2.05) is 36.4 Å². The normalized spacial score (nSPS) is 11.4. The van der Waals surface area contributed by atoms with Crippen LogP contribution in [0.25, 0.3) is 21.8 Å². The maximum absolute atomic E-state index is 6.21. The molecule has 3 N–H and O–H groups in total. The van der Waals surface area contributed by atoms with Gasteiger partial charge in [-0.05, 0) is 45.3 Å². The highest BCUT2D eigenvalue weighted by Crippen LogP contribution is 2.34. The molecule has 4 heteroatoms. The number of hydrogen-bond donors (Lipinski definition) is 2. The predicted octanol–water partition coefficient (Wildman–Crippen LogP) is 3.33. The molecule has 0 aliphatic heterocycles. The Bertz CT molecular complexity index is 796. The van der Waals surface area contributed by atoms with Gasteiger partial charge in [0.1, 0.15) is 0 Å². The van der Waals surface area contributed by atoms with E-state index in [4.69, 9.17) is 10.7 Å². The molecule has 0 fully saturated rings. The number of fused-ring (bicyclic) bond motifs is 2. The van der Waals surface area contributed by atoms with Crippen molar-refractivity contribution in [3.05, 3.63) is 42.5 Å². The van der Waals surface area contributed by atoms with Crippen molar-refractivity contribution < 1.29 is 0 Å². The summed E-state index contributed by atoms with van der Waals surface area (Å²) in [6.07, 6.45) is 1.08. The monoisotopic (exact) mass is 294 g/mol. The number of nitrogens with zero attached hydrogens (tertiary/aromatic N) is 2. The van der Waals surface area contributed by atoms with Crippen molar-refractivity contribution in [3.63, 3.8) is 0 Å². The lowest BCUT2D eigenvalue weighted by atomic mass is 10.1. The maximum atomic E-state index is 6.21. The number of nitrogen functional groups attached to an aromatic ring is 1. The topological polar surface area (TPSA) is 54.2 Å². The highest BCUT2D eigenvalue weighted by Gasteiger charge is 2.10. The molecule has 3 rings (SSSR count). The fourth-order valence-corrected chi connectivity index (χ4v) is 2.76. The summed E-state index contributed by atoms with van der Waals surface area (Å²) < 4.78 is 0. The molecule has 0 amide bonds. The molecule has 3 aromatic rings. The number of benzene rings is 2. The van der Waals surface area contributed by atoms with Crippen molar-refractivity contribution in [1.82, 2.24) is 9.88 Å². The molecule has 1 aromatic heterocycles. The Morgan fingerprint density at radius 2 is 1.82 bits per heavy atom. The average molecular weight is 294 g/mol. The molecule has 0 unspecified atom stereocenters. The first-order valence-corrected chi connectivity index (χ1v) is 7.62. The predicted molar refractivity (Wildman–Crippen MR) is 95.3 cm³/mol. The summed E-state index contributed by atoms with van der Waals surface area (Å²) in [6.45, 7) is 1.97. The van der Waals surface area contributed by atoms with Crippen molar-refractivity contribution in [2.24, 2.45) is 0 Å². The van der Waals surface area contributed by atoms with Crippen molar-refractivity contribution in [2.75, 3.05) is 38.2 Å². The van der Waals surface area contributed by atoms with E-state index in [1.54, 1.807) is 0 Å². The number of anilines is 2. The second-order valence-electron chi connectivity index (χ2n) is 5.83. The molecule has 114 valence electrons. The number of aromatic nitrogens is 1. The maximum Gasteiger partial charge on any atom is 0.0751 e. The molecule has 22 heavy (non-hydrogen) atoms. The van der Waals surface area contributed by atoms with E-state index in [9.17, 15) is 0 Å².